The number of amides is 4. The average Bonchev–Trinajstić information content (AvgIpc) is 2.68. The van der Waals surface area contributed by atoms with Gasteiger partial charge in [-0.2, -0.15) is 0 Å². The van der Waals surface area contributed by atoms with E-state index in [2.05, 4.69) is 16.4 Å². The van der Waals surface area contributed by atoms with E-state index in [4.69, 9.17) is 5.11 Å². The molecule has 1 saturated heterocycles. The minimum absolute atomic E-state index is 0.0382. The van der Waals surface area contributed by atoms with E-state index in [0.29, 0.717) is 5.56 Å². The fraction of sp³-hybridized carbons (Fsp3) is 0.250. The Bertz CT molecular complexity index is 480. The van der Waals surface area contributed by atoms with Gasteiger partial charge in [0.25, 0.3) is 5.91 Å². The lowest BCUT2D eigenvalue weighted by Crippen LogP contribution is -2.22. The van der Waals surface area contributed by atoms with Gasteiger partial charge in [0, 0.05) is 6.92 Å². The standard InChI is InChI=1S/C10H10N2O3.C2H5NO/c13-5-6-1-3-7(4-2-6)8-9(14)12-10(15)11-8;1-2(3)4/h1-4,8,13H,5H2,(H2,11,12,14,15);1H3,(H2,3,4). The Morgan fingerprint density at radius 1 is 1.32 bits per heavy atom. The molecule has 0 radical (unpaired) electrons. The van der Waals surface area contributed by atoms with Gasteiger partial charge in [0.2, 0.25) is 5.91 Å². The largest absolute Gasteiger partial charge is 0.392 e. The van der Waals surface area contributed by atoms with Crippen molar-refractivity contribution in [2.24, 2.45) is 5.73 Å². The van der Waals surface area contributed by atoms with Gasteiger partial charge in [0.1, 0.15) is 6.04 Å². The first-order chi connectivity index (χ1) is 8.93. The van der Waals surface area contributed by atoms with Crippen LogP contribution < -0.4 is 16.4 Å². The van der Waals surface area contributed by atoms with E-state index in [-0.39, 0.29) is 18.4 Å². The van der Waals surface area contributed by atoms with Crippen LogP contribution in [-0.4, -0.2) is 23.0 Å². The number of imide groups is 1. The molecule has 0 aromatic heterocycles. The quantitative estimate of drug-likeness (QED) is 0.541. The van der Waals surface area contributed by atoms with Crippen LogP contribution in [0.2, 0.25) is 0 Å². The Morgan fingerprint density at radius 3 is 2.21 bits per heavy atom. The molecular formula is C12H15N3O4. The number of benzene rings is 1. The molecule has 1 atom stereocenters. The second kappa shape index (κ2) is 6.50. The van der Waals surface area contributed by atoms with Crippen LogP contribution in [0.1, 0.15) is 24.1 Å². The van der Waals surface area contributed by atoms with Crippen LogP contribution in [0.5, 0.6) is 0 Å². The third-order valence-electron chi connectivity index (χ3n) is 2.27. The number of primary amides is 1. The monoisotopic (exact) mass is 265 g/mol. The van der Waals surface area contributed by atoms with Gasteiger partial charge >= 0.3 is 6.03 Å². The van der Waals surface area contributed by atoms with Gasteiger partial charge in [-0.05, 0) is 11.1 Å². The van der Waals surface area contributed by atoms with E-state index in [1.807, 2.05) is 0 Å². The molecule has 1 aliphatic rings. The molecule has 1 heterocycles. The van der Waals surface area contributed by atoms with Crippen molar-refractivity contribution < 1.29 is 19.5 Å². The molecule has 1 unspecified atom stereocenters. The van der Waals surface area contributed by atoms with Crippen molar-refractivity contribution in [1.29, 1.82) is 0 Å². The Morgan fingerprint density at radius 2 is 1.84 bits per heavy atom. The summed E-state index contributed by atoms with van der Waals surface area (Å²) in [6.07, 6.45) is 0. The molecule has 102 valence electrons. The molecule has 4 amide bonds. The van der Waals surface area contributed by atoms with E-state index < -0.39 is 12.1 Å². The molecule has 7 nitrogen and oxygen atoms in total. The van der Waals surface area contributed by atoms with Crippen LogP contribution in [0.25, 0.3) is 0 Å². The molecule has 5 N–H and O–H groups in total. The molecule has 1 aromatic rings. The summed E-state index contributed by atoms with van der Waals surface area (Å²) in [4.78, 5) is 31.4. The first kappa shape index (κ1) is 14.7. The third kappa shape index (κ3) is 4.40. The number of carbonyl (C=O) groups excluding carboxylic acids is 3. The Labute approximate surface area is 109 Å². The summed E-state index contributed by atoms with van der Waals surface area (Å²) in [5.41, 5.74) is 5.94. The van der Waals surface area contributed by atoms with Gasteiger partial charge in [-0.15, -0.1) is 0 Å². The zero-order valence-electron chi connectivity index (χ0n) is 10.3. The number of aliphatic hydroxyl groups is 1. The zero-order valence-corrected chi connectivity index (χ0v) is 10.3. The summed E-state index contributed by atoms with van der Waals surface area (Å²) in [5.74, 6) is -0.684. The normalized spacial score (nSPS) is 17.1. The van der Waals surface area contributed by atoms with Crippen molar-refractivity contribution in [3.05, 3.63) is 35.4 Å². The van der Waals surface area contributed by atoms with Gasteiger partial charge in [-0.1, -0.05) is 24.3 Å². The van der Waals surface area contributed by atoms with Crippen molar-refractivity contribution >= 4 is 17.8 Å². The average molecular weight is 265 g/mol. The maximum atomic E-state index is 11.3. The zero-order chi connectivity index (χ0) is 14.4. The fourth-order valence-electron chi connectivity index (χ4n) is 1.47. The number of rotatable bonds is 2. The molecule has 2 rings (SSSR count). The number of nitrogens with one attached hydrogen (secondary N) is 2. The van der Waals surface area contributed by atoms with Crippen molar-refractivity contribution in [1.82, 2.24) is 10.6 Å². The number of hydrogen-bond acceptors (Lipinski definition) is 4. The molecule has 7 heteroatoms. The van der Waals surface area contributed by atoms with Crippen molar-refractivity contribution in [3.63, 3.8) is 0 Å². The Balaban J connectivity index is 0.000000399. The molecule has 19 heavy (non-hydrogen) atoms. The molecular weight excluding hydrogens is 250 g/mol. The van der Waals surface area contributed by atoms with Gasteiger partial charge in [-0.25, -0.2) is 4.79 Å². The minimum atomic E-state index is -0.620. The lowest BCUT2D eigenvalue weighted by molar-refractivity contribution is -0.120. The van der Waals surface area contributed by atoms with E-state index in [0.717, 1.165) is 5.56 Å². The van der Waals surface area contributed by atoms with E-state index >= 15 is 0 Å². The second-order valence-corrected chi connectivity index (χ2v) is 3.91. The summed E-state index contributed by atoms with van der Waals surface area (Å²) in [6.45, 7) is 1.27. The number of carbonyl (C=O) groups is 3. The van der Waals surface area contributed by atoms with E-state index in [1.54, 1.807) is 24.3 Å². The SMILES string of the molecule is CC(N)=O.O=C1NC(=O)C(c2ccc(CO)cc2)N1. The number of nitrogens with two attached hydrogens (primary N) is 1. The number of urea groups is 1. The molecule has 0 saturated carbocycles. The van der Waals surface area contributed by atoms with Crippen LogP contribution in [-0.2, 0) is 16.2 Å². The van der Waals surface area contributed by atoms with E-state index in [9.17, 15) is 14.4 Å². The molecule has 0 bridgehead atoms. The second-order valence-electron chi connectivity index (χ2n) is 3.91. The maximum absolute atomic E-state index is 11.3. The minimum Gasteiger partial charge on any atom is -0.392 e. The first-order valence-electron chi connectivity index (χ1n) is 5.51. The summed E-state index contributed by atoms with van der Waals surface area (Å²) >= 11 is 0. The van der Waals surface area contributed by atoms with E-state index in [1.165, 1.54) is 6.92 Å². The fourth-order valence-corrected chi connectivity index (χ4v) is 1.47. The van der Waals surface area contributed by atoms with Gasteiger partial charge in [-0.3, -0.25) is 14.9 Å². The number of hydrogen-bond donors (Lipinski definition) is 4. The van der Waals surface area contributed by atoms with Crippen LogP contribution in [0.15, 0.2) is 24.3 Å². The van der Waals surface area contributed by atoms with Crippen LogP contribution in [0.4, 0.5) is 4.79 Å². The Kier molecular flexibility index (Phi) is 5.01. The van der Waals surface area contributed by atoms with Crippen molar-refractivity contribution in [2.75, 3.05) is 0 Å². The predicted molar refractivity (Wildman–Crippen MR) is 66.6 cm³/mol. The lowest BCUT2D eigenvalue weighted by Gasteiger charge is -2.07. The molecule has 1 aliphatic heterocycles. The lowest BCUT2D eigenvalue weighted by atomic mass is 10.1. The van der Waals surface area contributed by atoms with Crippen molar-refractivity contribution in [2.45, 2.75) is 19.6 Å². The predicted octanol–water partition coefficient (Wildman–Crippen LogP) is -0.449. The smallest absolute Gasteiger partial charge is 0.322 e. The summed E-state index contributed by atoms with van der Waals surface area (Å²) < 4.78 is 0. The van der Waals surface area contributed by atoms with Gasteiger partial charge < -0.3 is 16.2 Å². The van der Waals surface area contributed by atoms with Crippen molar-refractivity contribution in [3.8, 4) is 0 Å². The number of aliphatic hydroxyl groups excluding tert-OH is 1. The molecule has 1 fully saturated rings. The van der Waals surface area contributed by atoms with Gasteiger partial charge in [0.15, 0.2) is 0 Å². The van der Waals surface area contributed by atoms with Crippen LogP contribution >= 0.6 is 0 Å². The topological polar surface area (TPSA) is 122 Å². The Hall–Kier alpha value is -2.41. The summed E-state index contributed by atoms with van der Waals surface area (Å²) in [5, 5.41) is 13.5. The molecule has 1 aromatic carbocycles. The maximum Gasteiger partial charge on any atom is 0.322 e. The highest BCUT2D eigenvalue weighted by molar-refractivity contribution is 6.04. The third-order valence-corrected chi connectivity index (χ3v) is 2.27. The van der Waals surface area contributed by atoms with Crippen LogP contribution in [0.3, 0.4) is 0 Å². The first-order valence-corrected chi connectivity index (χ1v) is 5.51. The highest BCUT2D eigenvalue weighted by Crippen LogP contribution is 2.16. The summed E-state index contributed by atoms with van der Waals surface area (Å²) in [7, 11) is 0. The highest BCUT2D eigenvalue weighted by Gasteiger charge is 2.30. The van der Waals surface area contributed by atoms with Gasteiger partial charge in [0.05, 0.1) is 6.61 Å². The summed E-state index contributed by atoms with van der Waals surface area (Å²) in [6, 6.07) is 5.75. The van der Waals surface area contributed by atoms with Crippen LogP contribution in [0, 0.1) is 0 Å². The molecule has 0 aliphatic carbocycles. The molecule has 0 spiro atoms. The highest BCUT2D eigenvalue weighted by atomic mass is 16.3.